The summed E-state index contributed by atoms with van der Waals surface area (Å²) < 4.78 is 15.0. The van der Waals surface area contributed by atoms with Crippen LogP contribution in [-0.2, 0) is 11.3 Å². The van der Waals surface area contributed by atoms with Gasteiger partial charge in [-0.25, -0.2) is 13.8 Å². The number of fused-ring (bicyclic) bond motifs is 1. The molecular weight excluding hydrogens is 423 g/mol. The Balaban J connectivity index is 1.69. The van der Waals surface area contributed by atoms with E-state index in [9.17, 15) is 14.0 Å². The number of aliphatic imine (C=N–C) groups is 1. The van der Waals surface area contributed by atoms with Gasteiger partial charge in [0.05, 0.1) is 12.8 Å². The van der Waals surface area contributed by atoms with E-state index in [0.717, 1.165) is 10.5 Å². The molecule has 31 heavy (non-hydrogen) atoms. The number of rotatable bonds is 4. The standard InChI is InChI=1S/C21H18ClFN6O2/c1-27-18-17(19(30)28(2)21(27)31)29(12-13-7-9-15(23)10-8-13)20(25-18)26-24-11-14-5-3-4-6-16(14)22/h3-11,17H,12H2,1-2H3/p+1/b24-11+. The van der Waals surface area contributed by atoms with Gasteiger partial charge in [0.15, 0.2) is 0 Å². The molecule has 8 nitrogen and oxygen atoms in total. The lowest BCUT2D eigenvalue weighted by Crippen LogP contribution is -2.61. The normalized spacial score (nSPS) is 18.7. The van der Waals surface area contributed by atoms with Crippen LogP contribution in [0.4, 0.5) is 9.18 Å². The Labute approximate surface area is 182 Å². The number of urea groups is 1. The first-order valence-corrected chi connectivity index (χ1v) is 9.80. The van der Waals surface area contributed by atoms with E-state index in [0.29, 0.717) is 16.4 Å². The summed E-state index contributed by atoms with van der Waals surface area (Å²) in [6, 6.07) is 11.9. The summed E-state index contributed by atoms with van der Waals surface area (Å²) in [5.41, 5.74) is 4.32. The average molecular weight is 442 g/mol. The van der Waals surface area contributed by atoms with Crippen LogP contribution in [0.5, 0.6) is 0 Å². The van der Waals surface area contributed by atoms with Gasteiger partial charge in [-0.3, -0.25) is 14.6 Å². The van der Waals surface area contributed by atoms with Crippen molar-refractivity contribution in [2.45, 2.75) is 12.6 Å². The predicted octanol–water partition coefficient (Wildman–Crippen LogP) is 2.28. The lowest BCUT2D eigenvalue weighted by atomic mass is 10.1. The van der Waals surface area contributed by atoms with Crippen molar-refractivity contribution in [3.8, 4) is 0 Å². The highest BCUT2D eigenvalue weighted by atomic mass is 35.5. The number of amides is 3. The zero-order valence-electron chi connectivity index (χ0n) is 16.8. The summed E-state index contributed by atoms with van der Waals surface area (Å²) in [4.78, 5) is 32.1. The van der Waals surface area contributed by atoms with Crippen molar-refractivity contribution >= 4 is 41.5 Å². The molecule has 1 atom stereocenters. The minimum atomic E-state index is -0.809. The Kier molecular flexibility index (Phi) is 5.51. The number of guanidine groups is 1. The van der Waals surface area contributed by atoms with Gasteiger partial charge in [-0.2, -0.15) is 5.43 Å². The number of benzene rings is 2. The highest BCUT2D eigenvalue weighted by Crippen LogP contribution is 2.20. The van der Waals surface area contributed by atoms with E-state index in [1.165, 1.54) is 30.3 Å². The molecule has 10 heteroatoms. The van der Waals surface area contributed by atoms with Crippen LogP contribution in [0, 0.1) is 5.82 Å². The summed E-state index contributed by atoms with van der Waals surface area (Å²) in [5.74, 6) is -0.176. The van der Waals surface area contributed by atoms with E-state index >= 15 is 0 Å². The Morgan fingerprint density at radius 3 is 2.58 bits per heavy atom. The van der Waals surface area contributed by atoms with Crippen molar-refractivity contribution in [3.05, 3.63) is 70.5 Å². The fourth-order valence-electron chi connectivity index (χ4n) is 3.38. The second kappa shape index (κ2) is 8.27. The van der Waals surface area contributed by atoms with E-state index in [1.807, 2.05) is 12.1 Å². The zero-order valence-corrected chi connectivity index (χ0v) is 17.5. The van der Waals surface area contributed by atoms with E-state index in [-0.39, 0.29) is 18.3 Å². The maximum absolute atomic E-state index is 13.3. The molecule has 1 N–H and O–H groups in total. The number of imide groups is 1. The Hall–Kier alpha value is -3.59. The van der Waals surface area contributed by atoms with E-state index in [1.54, 1.807) is 35.9 Å². The number of nitrogens with one attached hydrogen (secondary N) is 1. The van der Waals surface area contributed by atoms with Gasteiger partial charge in [-0.05, 0) is 23.8 Å². The van der Waals surface area contributed by atoms with Crippen LogP contribution >= 0.6 is 11.6 Å². The van der Waals surface area contributed by atoms with Crippen LogP contribution in [0.1, 0.15) is 11.1 Å². The van der Waals surface area contributed by atoms with Crippen LogP contribution in [0.25, 0.3) is 0 Å². The summed E-state index contributed by atoms with van der Waals surface area (Å²) in [6.45, 7) is 0.253. The molecule has 1 unspecified atom stereocenters. The largest absolute Gasteiger partial charge is 0.414 e. The highest BCUT2D eigenvalue weighted by Gasteiger charge is 2.51. The van der Waals surface area contributed by atoms with E-state index < -0.39 is 18.0 Å². The Morgan fingerprint density at radius 1 is 1.16 bits per heavy atom. The Bertz CT molecular complexity index is 1140. The number of nitrogens with zero attached hydrogens (tertiary/aromatic N) is 5. The first-order chi connectivity index (χ1) is 14.9. The number of halogens is 2. The molecule has 2 heterocycles. The van der Waals surface area contributed by atoms with Gasteiger partial charge in [0.2, 0.25) is 11.9 Å². The molecule has 0 aliphatic carbocycles. The monoisotopic (exact) mass is 441 g/mol. The van der Waals surface area contributed by atoms with Crippen LogP contribution in [0.2, 0.25) is 5.02 Å². The third kappa shape index (κ3) is 3.91. The van der Waals surface area contributed by atoms with E-state index in [2.05, 4.69) is 15.5 Å². The molecule has 158 valence electrons. The molecule has 0 bridgehead atoms. The van der Waals surface area contributed by atoms with Gasteiger partial charge in [-0.15, -0.1) is 5.10 Å². The van der Waals surface area contributed by atoms with Crippen molar-refractivity contribution in [1.29, 1.82) is 0 Å². The van der Waals surface area contributed by atoms with Crippen molar-refractivity contribution < 1.29 is 18.6 Å². The molecule has 1 fully saturated rings. The molecule has 2 aliphatic rings. The van der Waals surface area contributed by atoms with Gasteiger partial charge in [0, 0.05) is 24.7 Å². The predicted molar refractivity (Wildman–Crippen MR) is 115 cm³/mol. The number of hydrogen-bond donors (Lipinski definition) is 1. The maximum Gasteiger partial charge on any atom is 0.414 e. The fourth-order valence-corrected chi connectivity index (χ4v) is 3.56. The maximum atomic E-state index is 13.3. The summed E-state index contributed by atoms with van der Waals surface area (Å²) >= 11 is 6.15. The number of amidine groups is 1. The van der Waals surface area contributed by atoms with Crippen LogP contribution in [0.3, 0.4) is 0 Å². The molecule has 2 aromatic rings. The molecule has 0 aromatic heterocycles. The summed E-state index contributed by atoms with van der Waals surface area (Å²) in [7, 11) is 2.98. The molecule has 4 rings (SSSR count). The SMILES string of the molecule is CN1C(=O)C2C(=NC(N/N=C/c3ccccc3Cl)=[N+]2Cc2ccc(F)cc2)N(C)C1=O. The second-order valence-corrected chi connectivity index (χ2v) is 7.49. The second-order valence-electron chi connectivity index (χ2n) is 7.08. The molecule has 2 aromatic carbocycles. The third-order valence-corrected chi connectivity index (χ3v) is 5.41. The van der Waals surface area contributed by atoms with Crippen LogP contribution in [0.15, 0.2) is 58.6 Å². The molecule has 1 saturated heterocycles. The molecule has 0 spiro atoms. The molecule has 2 aliphatic heterocycles. The van der Waals surface area contributed by atoms with Gasteiger partial charge in [-0.1, -0.05) is 46.9 Å². The number of hydrazone groups is 1. The van der Waals surface area contributed by atoms with Crippen LogP contribution < -0.4 is 5.43 Å². The molecular formula is C21H19ClFN6O2+. The van der Waals surface area contributed by atoms with Crippen molar-refractivity contribution in [1.82, 2.24) is 15.2 Å². The fraction of sp³-hybridized carbons (Fsp3) is 0.190. The molecule has 0 radical (unpaired) electrons. The number of hydrogen-bond acceptors (Lipinski definition) is 5. The topological polar surface area (TPSA) is 80.4 Å². The van der Waals surface area contributed by atoms with Crippen LogP contribution in [-0.4, -0.2) is 64.5 Å². The zero-order chi connectivity index (χ0) is 22.1. The van der Waals surface area contributed by atoms with Crippen molar-refractivity contribution in [3.63, 3.8) is 0 Å². The quantitative estimate of drug-likeness (QED) is 0.449. The summed E-state index contributed by atoms with van der Waals surface area (Å²) in [5, 5.41) is 4.74. The lowest BCUT2D eigenvalue weighted by Gasteiger charge is -2.31. The Morgan fingerprint density at radius 2 is 1.87 bits per heavy atom. The van der Waals surface area contributed by atoms with E-state index in [4.69, 9.17) is 11.6 Å². The third-order valence-electron chi connectivity index (χ3n) is 5.07. The first-order valence-electron chi connectivity index (χ1n) is 9.42. The number of carbonyl (C=O) groups excluding carboxylic acids is 2. The number of likely N-dealkylation sites (N-methyl/N-ethyl adjacent to an activating group) is 2. The van der Waals surface area contributed by atoms with Gasteiger partial charge in [0.1, 0.15) is 5.82 Å². The van der Waals surface area contributed by atoms with Gasteiger partial charge < -0.3 is 0 Å². The van der Waals surface area contributed by atoms with Gasteiger partial charge >= 0.3 is 12.0 Å². The average Bonchev–Trinajstić information content (AvgIpc) is 3.12. The molecule has 0 saturated carbocycles. The summed E-state index contributed by atoms with van der Waals surface area (Å²) in [6.07, 6.45) is 1.54. The smallest absolute Gasteiger partial charge is 0.270 e. The minimum Gasteiger partial charge on any atom is -0.270 e. The minimum absolute atomic E-state index is 0.253. The van der Waals surface area contributed by atoms with Gasteiger partial charge in [0.25, 0.3) is 5.91 Å². The van der Waals surface area contributed by atoms with Crippen molar-refractivity contribution in [2.75, 3.05) is 14.1 Å². The molecule has 3 amide bonds. The van der Waals surface area contributed by atoms with Crippen molar-refractivity contribution in [2.24, 2.45) is 10.1 Å². The number of carbonyl (C=O) groups is 2. The highest BCUT2D eigenvalue weighted by molar-refractivity contribution is 6.33. The first kappa shape index (κ1) is 20.7. The lowest BCUT2D eigenvalue weighted by molar-refractivity contribution is -0.553.